The molecule has 0 aromatic heterocycles. The third kappa shape index (κ3) is 1.84. The molecule has 1 N–H and O–H groups in total. The Morgan fingerprint density at radius 3 is 2.61 bits per heavy atom. The predicted octanol–water partition coefficient (Wildman–Crippen LogP) is 3.88. The number of ketones is 1. The first-order chi connectivity index (χ1) is 10.8. The van der Waals surface area contributed by atoms with Gasteiger partial charge in [0.1, 0.15) is 5.60 Å². The first kappa shape index (κ1) is 15.5. The molecule has 124 valence electrons. The standard InChI is InChI=1S/C21H28O2/c1-4-21(23)12-9-18-16-6-5-14-13-15(22)7-10-19(14,2)17(16)8-11-20(18,21)3/h1,13,16-18,23H,5-12H2,2-3H3/t16-,17-,18-,19+,20+,21+/m1/s1. The zero-order chi connectivity index (χ0) is 16.5. The normalized spacial score (nSPS) is 52.0. The Labute approximate surface area is 139 Å². The summed E-state index contributed by atoms with van der Waals surface area (Å²) >= 11 is 0. The van der Waals surface area contributed by atoms with Crippen LogP contribution in [0.4, 0.5) is 0 Å². The molecule has 0 spiro atoms. The molecule has 0 unspecified atom stereocenters. The first-order valence-electron chi connectivity index (χ1n) is 9.28. The highest BCUT2D eigenvalue weighted by Gasteiger charge is 2.63. The lowest BCUT2D eigenvalue weighted by molar-refractivity contribution is -0.119. The minimum Gasteiger partial charge on any atom is -0.377 e. The van der Waals surface area contributed by atoms with Crippen molar-refractivity contribution in [3.05, 3.63) is 11.6 Å². The van der Waals surface area contributed by atoms with Gasteiger partial charge in [0.25, 0.3) is 0 Å². The summed E-state index contributed by atoms with van der Waals surface area (Å²) in [5.41, 5.74) is 0.575. The second kappa shape index (κ2) is 4.73. The Morgan fingerprint density at radius 1 is 1.13 bits per heavy atom. The molecule has 0 radical (unpaired) electrons. The van der Waals surface area contributed by atoms with Gasteiger partial charge in [0.05, 0.1) is 0 Å². The zero-order valence-electron chi connectivity index (χ0n) is 14.4. The van der Waals surface area contributed by atoms with Crippen LogP contribution in [-0.2, 0) is 4.79 Å². The lowest BCUT2D eigenvalue weighted by atomic mass is 9.46. The molecule has 2 heteroatoms. The van der Waals surface area contributed by atoms with Gasteiger partial charge in [0, 0.05) is 11.8 Å². The predicted molar refractivity (Wildman–Crippen MR) is 90.5 cm³/mol. The number of rotatable bonds is 0. The molecule has 0 heterocycles. The van der Waals surface area contributed by atoms with Gasteiger partial charge in [-0.05, 0) is 74.2 Å². The summed E-state index contributed by atoms with van der Waals surface area (Å²) in [6, 6.07) is 0. The van der Waals surface area contributed by atoms with Crippen molar-refractivity contribution in [3.8, 4) is 12.3 Å². The number of hydrogen-bond donors (Lipinski definition) is 1. The molecule has 2 nitrogen and oxygen atoms in total. The maximum Gasteiger partial charge on any atom is 0.155 e. The van der Waals surface area contributed by atoms with Crippen LogP contribution in [-0.4, -0.2) is 16.5 Å². The van der Waals surface area contributed by atoms with Crippen LogP contribution in [0.1, 0.15) is 65.2 Å². The van der Waals surface area contributed by atoms with Gasteiger partial charge >= 0.3 is 0 Å². The number of carbonyl (C=O) groups excluding carboxylic acids is 1. The average Bonchev–Trinajstić information content (AvgIpc) is 2.80. The van der Waals surface area contributed by atoms with Crippen molar-refractivity contribution in [2.24, 2.45) is 28.6 Å². The molecule has 3 fully saturated rings. The van der Waals surface area contributed by atoms with Crippen molar-refractivity contribution in [2.45, 2.75) is 70.8 Å². The van der Waals surface area contributed by atoms with Crippen molar-refractivity contribution in [1.29, 1.82) is 0 Å². The molecule has 3 saturated carbocycles. The number of hydrogen-bond acceptors (Lipinski definition) is 2. The lowest BCUT2D eigenvalue weighted by Gasteiger charge is -2.58. The fourth-order valence-electron chi connectivity index (χ4n) is 6.81. The molecular weight excluding hydrogens is 284 g/mol. The molecule has 4 rings (SSSR count). The van der Waals surface area contributed by atoms with Crippen LogP contribution < -0.4 is 0 Å². The number of allylic oxidation sites excluding steroid dienone is 1. The van der Waals surface area contributed by atoms with Crippen LogP contribution in [0.2, 0.25) is 0 Å². The van der Waals surface area contributed by atoms with Crippen molar-refractivity contribution >= 4 is 5.78 Å². The Bertz CT molecular complexity index is 626. The SMILES string of the molecule is C#C[C@]1(O)CC[C@@H]2[C@@H]3CCC4=CC(=O)CC[C@]4(C)[C@@H]3CC[C@@]21C. The smallest absolute Gasteiger partial charge is 0.155 e. The summed E-state index contributed by atoms with van der Waals surface area (Å²) in [7, 11) is 0. The molecule has 0 bridgehead atoms. The maximum atomic E-state index is 11.8. The Balaban J connectivity index is 1.70. The van der Waals surface area contributed by atoms with Crippen LogP contribution in [0.15, 0.2) is 11.6 Å². The Morgan fingerprint density at radius 2 is 1.87 bits per heavy atom. The van der Waals surface area contributed by atoms with Crippen LogP contribution in [0.3, 0.4) is 0 Å². The van der Waals surface area contributed by atoms with Crippen LogP contribution in [0.5, 0.6) is 0 Å². The molecular formula is C21H28O2. The number of terminal acetylenes is 1. The van der Waals surface area contributed by atoms with Gasteiger partial charge in [-0.1, -0.05) is 25.3 Å². The van der Waals surface area contributed by atoms with E-state index in [-0.39, 0.29) is 10.8 Å². The van der Waals surface area contributed by atoms with Crippen molar-refractivity contribution < 1.29 is 9.90 Å². The van der Waals surface area contributed by atoms with Crippen LogP contribution in [0.25, 0.3) is 0 Å². The molecule has 0 aliphatic heterocycles. The van der Waals surface area contributed by atoms with E-state index in [4.69, 9.17) is 6.42 Å². The molecule has 6 atom stereocenters. The van der Waals surface area contributed by atoms with Gasteiger partial charge in [-0.15, -0.1) is 6.42 Å². The Kier molecular flexibility index (Phi) is 3.18. The van der Waals surface area contributed by atoms with E-state index in [0.717, 1.165) is 38.5 Å². The summed E-state index contributed by atoms with van der Waals surface area (Å²) in [5, 5.41) is 11.0. The van der Waals surface area contributed by atoms with Gasteiger partial charge < -0.3 is 5.11 Å². The highest BCUT2D eigenvalue weighted by Crippen LogP contribution is 2.67. The molecule has 23 heavy (non-hydrogen) atoms. The van der Waals surface area contributed by atoms with Crippen LogP contribution in [0, 0.1) is 40.9 Å². The monoisotopic (exact) mass is 312 g/mol. The topological polar surface area (TPSA) is 37.3 Å². The first-order valence-corrected chi connectivity index (χ1v) is 9.28. The lowest BCUT2D eigenvalue weighted by Crippen LogP contribution is -2.54. The number of fused-ring (bicyclic) bond motifs is 5. The van der Waals surface area contributed by atoms with E-state index in [1.165, 1.54) is 12.0 Å². The third-order valence-corrected chi connectivity index (χ3v) is 8.35. The summed E-state index contributed by atoms with van der Waals surface area (Å²) in [6.45, 7) is 4.63. The van der Waals surface area contributed by atoms with Gasteiger partial charge in [-0.3, -0.25) is 4.79 Å². The van der Waals surface area contributed by atoms with Gasteiger partial charge in [0.15, 0.2) is 5.78 Å². The fourth-order valence-corrected chi connectivity index (χ4v) is 6.81. The molecule has 0 aromatic carbocycles. The largest absolute Gasteiger partial charge is 0.377 e. The van der Waals surface area contributed by atoms with Crippen molar-refractivity contribution in [1.82, 2.24) is 0 Å². The van der Waals surface area contributed by atoms with Gasteiger partial charge in [-0.25, -0.2) is 0 Å². The van der Waals surface area contributed by atoms with Crippen molar-refractivity contribution in [2.75, 3.05) is 0 Å². The Hall–Kier alpha value is -1.07. The summed E-state index contributed by atoms with van der Waals surface area (Å²) in [5.74, 6) is 4.93. The summed E-state index contributed by atoms with van der Waals surface area (Å²) in [4.78, 5) is 11.8. The molecule has 4 aliphatic carbocycles. The zero-order valence-corrected chi connectivity index (χ0v) is 14.4. The van der Waals surface area contributed by atoms with Gasteiger partial charge in [-0.2, -0.15) is 0 Å². The minimum atomic E-state index is -0.914. The third-order valence-electron chi connectivity index (χ3n) is 8.35. The number of carbonyl (C=O) groups is 1. The molecule has 4 aliphatic rings. The fraction of sp³-hybridized carbons (Fsp3) is 0.762. The minimum absolute atomic E-state index is 0.120. The molecule has 0 aromatic rings. The van der Waals surface area contributed by atoms with E-state index in [2.05, 4.69) is 19.8 Å². The van der Waals surface area contributed by atoms with Gasteiger partial charge in [0.2, 0.25) is 0 Å². The van der Waals surface area contributed by atoms with E-state index in [1.807, 2.05) is 6.08 Å². The van der Waals surface area contributed by atoms with E-state index >= 15 is 0 Å². The number of aliphatic hydroxyl groups is 1. The second-order valence-electron chi connectivity index (χ2n) is 8.97. The highest BCUT2D eigenvalue weighted by atomic mass is 16.3. The second-order valence-corrected chi connectivity index (χ2v) is 8.97. The maximum absolute atomic E-state index is 11.8. The highest BCUT2D eigenvalue weighted by molar-refractivity contribution is 5.91. The summed E-state index contributed by atoms with van der Waals surface area (Å²) in [6.07, 6.45) is 15.6. The van der Waals surface area contributed by atoms with Crippen molar-refractivity contribution in [3.63, 3.8) is 0 Å². The van der Waals surface area contributed by atoms with Crippen LogP contribution >= 0.6 is 0 Å². The van der Waals surface area contributed by atoms with E-state index < -0.39 is 5.60 Å². The molecule has 0 amide bonds. The van der Waals surface area contributed by atoms with E-state index in [1.54, 1.807) is 0 Å². The van der Waals surface area contributed by atoms with E-state index in [0.29, 0.717) is 30.0 Å². The molecule has 0 saturated heterocycles. The summed E-state index contributed by atoms with van der Waals surface area (Å²) < 4.78 is 0. The average molecular weight is 312 g/mol. The quantitative estimate of drug-likeness (QED) is 0.689. The van der Waals surface area contributed by atoms with E-state index in [9.17, 15) is 9.90 Å².